The Labute approximate surface area is 719 Å². The number of aromatic carboxylic acids is 1. The van der Waals surface area contributed by atoms with Crippen molar-refractivity contribution >= 4 is 112 Å². The molecule has 7 N–H and O–H groups in total. The summed E-state index contributed by atoms with van der Waals surface area (Å²) in [5.74, 6) is -2.92. The zero-order valence-corrected chi connectivity index (χ0v) is 74.2. The normalized spacial score (nSPS) is 10.6. The quantitative estimate of drug-likeness (QED) is 0.00757. The van der Waals surface area contributed by atoms with E-state index in [0.29, 0.717) is 31.4 Å². The molecule has 1 amide bonds. The maximum absolute atomic E-state index is 12.2. The third-order valence-electron chi connectivity index (χ3n) is 17.9. The van der Waals surface area contributed by atoms with E-state index in [2.05, 4.69) is 161 Å². The van der Waals surface area contributed by atoms with E-state index in [1.54, 1.807) is 20.0 Å². The number of aromatic nitrogens is 7. The number of aryl methyl sites for hydroxylation is 7. The summed E-state index contributed by atoms with van der Waals surface area (Å²) >= 11 is 3.43. The van der Waals surface area contributed by atoms with Gasteiger partial charge in [0.15, 0.2) is 5.78 Å². The van der Waals surface area contributed by atoms with Gasteiger partial charge in [-0.3, -0.25) is 29.0 Å². The standard InChI is InChI=1S/C18H18N2O3.C17H16N2O3.C17H24N2.C13H15NO.C9H8BrN.C7H10O4.C6H13NO2.C4H11N.CH4.Li.2H2O/c1-4-11-10-14(18(22)23-3)17(21)19-16(11)13-5-6-15-12(9-13)7-8-20(15)2;1-3-10-9-13(17(21)22)16(20)18-15(10)12-4-5-14-11(8-12)6-7-19(14)2;1-6-7-15(18-17(2,3)4)13-8-9-16-14(12-13)10-11-19(16)5;1-3-4-13(15)11-5-6-12-10(9-11)7-8-14(12)2;1-11-5-4-7-6-8(10)2-3-9(7)11;1-4-5(6(8)10-2)7(9)11-3;1-4-5-6(8)7(2)9-3;1-4(2,3)5;;;;/h5-10H,4H2,1-3H3,(H,19,21);4-9H,3H2,1-2H3,(H,18,20)(H,21,22);8-12H,6-7H2,1-5H3;5-9H,3-4H2,1-2H3;2-6H,1H3;4H,1-3H3;4-5H2,1-3H3;5H2,1-3H3;1H4;;2*1H2/q;;;;;;;;;+1;;/p-2. The fourth-order valence-electron chi connectivity index (χ4n) is 12.0. The van der Waals surface area contributed by atoms with Gasteiger partial charge in [-0.15, -0.1) is 0 Å². The zero-order chi connectivity index (χ0) is 85.8. The molecule has 0 saturated carbocycles. The molecule has 0 aliphatic heterocycles. The van der Waals surface area contributed by atoms with Crippen LogP contribution in [-0.4, -0.2) is 142 Å². The van der Waals surface area contributed by atoms with Gasteiger partial charge in [0, 0.05) is 162 Å². The maximum Gasteiger partial charge on any atom is 1.00 e. The topological polar surface area (TPSA) is 352 Å². The minimum absolute atomic E-state index is 0. The smallest absolute Gasteiger partial charge is 0.870 e. The van der Waals surface area contributed by atoms with Crippen LogP contribution in [-0.2, 0) is 81.5 Å². The summed E-state index contributed by atoms with van der Waals surface area (Å²) in [5.41, 5.74) is 18.3. The molecular formula is C92H121BrLiN10O15-. The van der Waals surface area contributed by atoms with E-state index in [-0.39, 0.29) is 76.7 Å². The summed E-state index contributed by atoms with van der Waals surface area (Å²) < 4.78 is 24.8. The Hall–Kier alpha value is -11.0. The Bertz CT molecular complexity index is 5500. The Balaban J connectivity index is 0.000000698. The minimum Gasteiger partial charge on any atom is -0.870 e. The van der Waals surface area contributed by atoms with E-state index in [9.17, 15) is 38.4 Å². The number of carboxylic acids is 1. The Morgan fingerprint density at radius 2 is 0.866 bits per heavy atom. The molecule has 0 saturated heterocycles. The molecule has 25 nitrogen and oxygen atoms in total. The van der Waals surface area contributed by atoms with E-state index in [1.807, 2.05) is 170 Å². The van der Waals surface area contributed by atoms with Gasteiger partial charge >= 0.3 is 42.7 Å². The van der Waals surface area contributed by atoms with Crippen molar-refractivity contribution in [1.29, 1.82) is 0 Å². The number of nitrogens with zero attached hydrogens (tertiary/aromatic N) is 7. The number of hydroxylamine groups is 2. The van der Waals surface area contributed by atoms with Gasteiger partial charge in [-0.2, -0.15) is 0 Å². The second kappa shape index (κ2) is 50.1. The van der Waals surface area contributed by atoms with Crippen LogP contribution in [0, 0.1) is 0 Å². The van der Waals surface area contributed by atoms with Gasteiger partial charge in [0.1, 0.15) is 16.7 Å². The number of amides is 1. The number of carbonyl (C=O) groups excluding carboxylic acids is 5. The molecule has 0 aliphatic rings. The summed E-state index contributed by atoms with van der Waals surface area (Å²) in [5, 5.41) is 16.2. The molecule has 0 unspecified atom stereocenters. The van der Waals surface area contributed by atoms with Gasteiger partial charge in [-0.1, -0.05) is 88.7 Å². The average Bonchev–Trinajstić information content (AvgIpc) is 0.901. The number of aromatic amines is 2. The first-order valence-corrected chi connectivity index (χ1v) is 38.9. The summed E-state index contributed by atoms with van der Waals surface area (Å²) in [7, 11) is 16.9. The Morgan fingerprint density at radius 1 is 0.513 bits per heavy atom. The molecule has 0 spiro atoms. The van der Waals surface area contributed by atoms with Crippen molar-refractivity contribution < 1.29 is 82.7 Å². The molecule has 12 rings (SSSR count). The van der Waals surface area contributed by atoms with E-state index in [4.69, 9.17) is 15.8 Å². The number of nitrogens with two attached hydrogens (primary N) is 1. The zero-order valence-electron chi connectivity index (χ0n) is 72.6. The number of nitrogens with one attached hydrogen (secondary N) is 2. The minimum atomic E-state index is -1.21. The van der Waals surface area contributed by atoms with Crippen LogP contribution >= 0.6 is 15.9 Å². The molecule has 5 aromatic carbocycles. The van der Waals surface area contributed by atoms with Crippen molar-refractivity contribution in [2.75, 3.05) is 35.5 Å². The number of rotatable bonds is 17. The molecule has 0 aliphatic carbocycles. The first-order valence-electron chi connectivity index (χ1n) is 38.1. The number of ether oxygens (including phenoxy) is 3. The Morgan fingerprint density at radius 3 is 1.22 bits per heavy atom. The number of benzene rings is 5. The van der Waals surface area contributed by atoms with E-state index < -0.39 is 35.0 Å². The summed E-state index contributed by atoms with van der Waals surface area (Å²) in [4.78, 5) is 106. The predicted octanol–water partition coefficient (Wildman–Crippen LogP) is 15.5. The van der Waals surface area contributed by atoms with Crippen molar-refractivity contribution in [3.8, 4) is 22.5 Å². The molecule has 638 valence electrons. The number of halogens is 1. The van der Waals surface area contributed by atoms with Gasteiger partial charge < -0.3 is 68.8 Å². The third kappa shape index (κ3) is 31.1. The predicted molar refractivity (Wildman–Crippen MR) is 479 cm³/mol. The number of Topliss-reactive ketones (excluding diaryl/α,β-unsaturated/α-hetero) is 1. The number of allylic oxidation sites excluding steroid dienone is 1. The fourth-order valence-corrected chi connectivity index (χ4v) is 12.4. The molecule has 12 aromatic rings. The van der Waals surface area contributed by atoms with Crippen LogP contribution in [0.1, 0.15) is 177 Å². The van der Waals surface area contributed by atoms with Gasteiger partial charge in [0.2, 0.25) is 5.91 Å². The van der Waals surface area contributed by atoms with Crippen LogP contribution in [0.2, 0.25) is 0 Å². The van der Waals surface area contributed by atoms with Gasteiger partial charge in [0.25, 0.3) is 11.1 Å². The summed E-state index contributed by atoms with van der Waals surface area (Å²) in [6.45, 7) is 24.0. The molecule has 7 aromatic heterocycles. The number of aliphatic imine (C=N–C) groups is 1. The maximum atomic E-state index is 12.2. The van der Waals surface area contributed by atoms with Gasteiger partial charge in [0.05, 0.1) is 45.4 Å². The SMILES string of the molecule is C.CC(C)(C)N.CC=C(C(=O)OC)C(=O)OC.CCCC(=NC(C)(C)C)c1ccc2c(ccn2C)c1.CCCC(=O)N(C)OC.CCCC(=O)c1ccc2c(ccn2C)c1.CCc1cc(C(=O)O)c(=O)[nH]c1-c1ccc2c(ccn2C)c1.CCc1cc(C(=O)OC)c(=O)[nH]c1-c1ccc2c(ccn2C)c1.Cn1ccc2cc(Br)ccc21.[Li+].[OH-].[OH-]. The number of carboxylic acid groups (broad SMARTS) is 1. The number of pyridine rings is 2. The number of fused-ring (bicyclic) bond motifs is 5. The molecule has 119 heavy (non-hydrogen) atoms. The number of hydrogen-bond acceptors (Lipinski definition) is 16. The van der Waals surface area contributed by atoms with Crippen molar-refractivity contribution in [2.45, 2.75) is 153 Å². The van der Waals surface area contributed by atoms with Crippen LogP contribution in [0.25, 0.3) is 77.0 Å². The molecule has 0 radical (unpaired) electrons. The number of esters is 3. The Kier molecular flexibility index (Phi) is 44.6. The van der Waals surface area contributed by atoms with Crippen molar-refractivity contribution in [3.63, 3.8) is 0 Å². The number of H-pyrrole nitrogens is 2. The first kappa shape index (κ1) is 106. The number of hydrogen-bond donors (Lipinski definition) is 4. The fraction of sp³-hybridized carbons (Fsp3) is 0.359. The second-order valence-corrected chi connectivity index (χ2v) is 30.2. The average molecular weight is 1690 g/mol. The van der Waals surface area contributed by atoms with Crippen LogP contribution in [0.5, 0.6) is 0 Å². The molecular weight excluding hydrogens is 1570 g/mol. The van der Waals surface area contributed by atoms with E-state index in [0.717, 1.165) is 90.9 Å². The molecule has 7 heterocycles. The van der Waals surface area contributed by atoms with Crippen LogP contribution in [0.4, 0.5) is 0 Å². The largest absolute Gasteiger partial charge is 1.00 e. The van der Waals surface area contributed by atoms with Crippen LogP contribution in [0.15, 0.2) is 195 Å². The molecule has 0 atom stereocenters. The van der Waals surface area contributed by atoms with Crippen LogP contribution < -0.4 is 35.7 Å². The monoisotopic (exact) mass is 1690 g/mol. The van der Waals surface area contributed by atoms with Crippen molar-refractivity contribution in [2.24, 2.45) is 46.0 Å². The van der Waals surface area contributed by atoms with Crippen molar-refractivity contribution in [3.05, 3.63) is 235 Å². The molecule has 0 fully saturated rings. The summed E-state index contributed by atoms with van der Waals surface area (Å²) in [6, 6.07) is 44.3. The summed E-state index contributed by atoms with van der Waals surface area (Å²) in [6.07, 6.45) is 18.0. The third-order valence-corrected chi connectivity index (χ3v) is 18.4. The molecule has 27 heteroatoms. The van der Waals surface area contributed by atoms with E-state index >= 15 is 0 Å². The number of ketones is 1. The van der Waals surface area contributed by atoms with Crippen molar-refractivity contribution in [1.82, 2.24) is 37.9 Å². The molecule has 0 bridgehead atoms. The van der Waals surface area contributed by atoms with Gasteiger partial charge in [-0.05, 0) is 224 Å². The first-order chi connectivity index (χ1) is 54.3. The second-order valence-electron chi connectivity index (χ2n) is 29.3. The number of methoxy groups -OCH3 is 3. The van der Waals surface area contributed by atoms with Crippen LogP contribution in [0.3, 0.4) is 0 Å². The van der Waals surface area contributed by atoms with E-state index in [1.165, 1.54) is 84.2 Å². The van der Waals surface area contributed by atoms with Gasteiger partial charge in [-0.25, -0.2) is 24.2 Å². The number of carbonyl (C=O) groups is 6.